The second kappa shape index (κ2) is 13.0. The summed E-state index contributed by atoms with van der Waals surface area (Å²) < 4.78 is 17.5. The highest BCUT2D eigenvalue weighted by Gasteiger charge is 2.12. The lowest BCUT2D eigenvalue weighted by Crippen LogP contribution is -1.99. The number of hydrogen-bond acceptors (Lipinski definition) is 5. The highest BCUT2D eigenvalue weighted by Crippen LogP contribution is 2.32. The molecule has 188 valence electrons. The Morgan fingerprint density at radius 1 is 0.757 bits per heavy atom. The van der Waals surface area contributed by atoms with E-state index >= 15 is 0 Å². The summed E-state index contributed by atoms with van der Waals surface area (Å²) in [4.78, 5) is 0. The number of rotatable bonds is 11. The van der Waals surface area contributed by atoms with Gasteiger partial charge < -0.3 is 24.4 Å². The Morgan fingerprint density at radius 2 is 1.41 bits per heavy atom. The summed E-state index contributed by atoms with van der Waals surface area (Å²) in [5.41, 5.74) is 3.26. The summed E-state index contributed by atoms with van der Waals surface area (Å²) in [5.74, 6) is 1.73. The molecule has 4 aromatic rings. The van der Waals surface area contributed by atoms with Gasteiger partial charge in [0.2, 0.25) is 0 Å². The van der Waals surface area contributed by atoms with Gasteiger partial charge in [0, 0.05) is 23.3 Å². The van der Waals surface area contributed by atoms with Gasteiger partial charge in [-0.3, -0.25) is 0 Å². The molecule has 0 aliphatic carbocycles. The van der Waals surface area contributed by atoms with E-state index < -0.39 is 6.10 Å². The number of phenols is 1. The van der Waals surface area contributed by atoms with Crippen LogP contribution in [0, 0.1) is 0 Å². The zero-order valence-electron chi connectivity index (χ0n) is 20.7. The van der Waals surface area contributed by atoms with Gasteiger partial charge in [-0.05, 0) is 42.3 Å². The van der Waals surface area contributed by atoms with Gasteiger partial charge in [-0.1, -0.05) is 78.9 Å². The van der Waals surface area contributed by atoms with Gasteiger partial charge >= 0.3 is 0 Å². The Balaban J connectivity index is 1.52. The molecule has 37 heavy (non-hydrogen) atoms. The summed E-state index contributed by atoms with van der Waals surface area (Å²) in [7, 11) is 0. The lowest BCUT2D eigenvalue weighted by atomic mass is 10.1. The average molecular weight is 495 g/mol. The van der Waals surface area contributed by atoms with Crippen molar-refractivity contribution in [1.82, 2.24) is 0 Å². The third-order valence-electron chi connectivity index (χ3n) is 5.59. The Morgan fingerprint density at radius 3 is 2.05 bits per heavy atom. The third kappa shape index (κ3) is 7.50. The van der Waals surface area contributed by atoms with Gasteiger partial charge in [-0.25, -0.2) is 0 Å². The smallest absolute Gasteiger partial charge is 0.130 e. The first-order valence-corrected chi connectivity index (χ1v) is 12.1. The van der Waals surface area contributed by atoms with Crippen LogP contribution in [-0.2, 0) is 13.2 Å². The summed E-state index contributed by atoms with van der Waals surface area (Å²) in [5, 5.41) is 21.1. The number of phenolic OH excluding ortho intramolecular Hbond substituents is 1. The molecule has 5 heteroatoms. The number of hydrogen-bond donors (Lipinski definition) is 2. The third-order valence-corrected chi connectivity index (χ3v) is 5.59. The minimum absolute atomic E-state index is 0.0515. The molecule has 5 nitrogen and oxygen atoms in total. The number of allylic oxidation sites excluding steroid dienone is 1. The van der Waals surface area contributed by atoms with Gasteiger partial charge in [-0.15, -0.1) is 0 Å². The van der Waals surface area contributed by atoms with Crippen LogP contribution in [0.2, 0.25) is 0 Å². The summed E-state index contributed by atoms with van der Waals surface area (Å²) in [6.45, 7) is 2.67. The number of aliphatic hydroxyl groups is 1. The number of aromatic hydroxyl groups is 1. The molecule has 4 aromatic carbocycles. The standard InChI is InChI=1S/C32H30O5/c1-2-19-35-27-16-17-29(31(34)20-27)30(33)18-14-26-13-15-28(36-22-24-9-5-3-6-10-24)21-32(26)37-23-25-11-7-4-8-12-25/h2-21,30,33-34H,22-23H2,1H3. The summed E-state index contributed by atoms with van der Waals surface area (Å²) in [6, 6.07) is 30.3. The van der Waals surface area contributed by atoms with Crippen LogP contribution in [0.25, 0.3) is 6.08 Å². The van der Waals surface area contributed by atoms with E-state index in [9.17, 15) is 10.2 Å². The van der Waals surface area contributed by atoms with Crippen molar-refractivity contribution in [3.05, 3.63) is 138 Å². The SMILES string of the molecule is CC=COc1ccc(C(O)C=Cc2ccc(OCc3ccccc3)cc2OCc2ccccc2)c(O)c1. The first-order valence-electron chi connectivity index (χ1n) is 12.1. The molecule has 0 bridgehead atoms. The summed E-state index contributed by atoms with van der Waals surface area (Å²) in [6.07, 6.45) is 5.63. The van der Waals surface area contributed by atoms with Gasteiger partial charge in [-0.2, -0.15) is 0 Å². The van der Waals surface area contributed by atoms with Crippen LogP contribution in [0.5, 0.6) is 23.0 Å². The molecule has 1 atom stereocenters. The zero-order valence-corrected chi connectivity index (χ0v) is 20.7. The second-order valence-corrected chi connectivity index (χ2v) is 8.36. The van der Waals surface area contributed by atoms with Crippen molar-refractivity contribution >= 4 is 6.08 Å². The maximum absolute atomic E-state index is 10.7. The van der Waals surface area contributed by atoms with E-state index in [1.807, 2.05) is 85.8 Å². The quantitative estimate of drug-likeness (QED) is 0.216. The maximum Gasteiger partial charge on any atom is 0.130 e. The fraction of sp³-hybridized carbons (Fsp3) is 0.125. The zero-order chi connectivity index (χ0) is 25.9. The van der Waals surface area contributed by atoms with Crippen molar-refractivity contribution in [2.45, 2.75) is 26.2 Å². The average Bonchev–Trinajstić information content (AvgIpc) is 2.94. The van der Waals surface area contributed by atoms with E-state index in [-0.39, 0.29) is 5.75 Å². The molecule has 0 heterocycles. The maximum atomic E-state index is 10.7. The highest BCUT2D eigenvalue weighted by molar-refractivity contribution is 5.60. The predicted octanol–water partition coefficient (Wildman–Crippen LogP) is 7.21. The van der Waals surface area contributed by atoms with Gasteiger partial charge in [0.15, 0.2) is 0 Å². The number of aliphatic hydroxyl groups excluding tert-OH is 1. The molecule has 0 fully saturated rings. The van der Waals surface area contributed by atoms with Crippen molar-refractivity contribution in [1.29, 1.82) is 0 Å². The van der Waals surface area contributed by atoms with Crippen LogP contribution >= 0.6 is 0 Å². The van der Waals surface area contributed by atoms with E-state index in [4.69, 9.17) is 14.2 Å². The molecule has 2 N–H and O–H groups in total. The van der Waals surface area contributed by atoms with E-state index in [0.29, 0.717) is 36.0 Å². The van der Waals surface area contributed by atoms with Crippen molar-refractivity contribution in [3.63, 3.8) is 0 Å². The molecule has 1 unspecified atom stereocenters. The normalized spacial score (nSPS) is 12.1. The summed E-state index contributed by atoms with van der Waals surface area (Å²) >= 11 is 0. The van der Waals surface area contributed by atoms with E-state index in [0.717, 1.165) is 16.7 Å². The molecule has 0 radical (unpaired) electrons. The monoisotopic (exact) mass is 494 g/mol. The van der Waals surface area contributed by atoms with E-state index in [2.05, 4.69) is 0 Å². The van der Waals surface area contributed by atoms with Crippen molar-refractivity contribution in [2.75, 3.05) is 0 Å². The topological polar surface area (TPSA) is 68.2 Å². The molecule has 0 saturated heterocycles. The lowest BCUT2D eigenvalue weighted by molar-refractivity contribution is 0.224. The van der Waals surface area contributed by atoms with E-state index in [1.165, 1.54) is 12.3 Å². The fourth-order valence-corrected chi connectivity index (χ4v) is 3.64. The van der Waals surface area contributed by atoms with Gasteiger partial charge in [0.1, 0.15) is 42.3 Å². The van der Waals surface area contributed by atoms with Crippen LogP contribution in [0.4, 0.5) is 0 Å². The Labute approximate surface area is 217 Å². The molecule has 0 saturated carbocycles. The van der Waals surface area contributed by atoms with Crippen molar-refractivity contribution in [2.24, 2.45) is 0 Å². The predicted molar refractivity (Wildman–Crippen MR) is 146 cm³/mol. The minimum atomic E-state index is -1.02. The van der Waals surface area contributed by atoms with Crippen LogP contribution in [-0.4, -0.2) is 10.2 Å². The number of benzene rings is 4. The van der Waals surface area contributed by atoms with Crippen LogP contribution in [0.15, 0.2) is 115 Å². The molecule has 0 amide bonds. The Hall–Kier alpha value is -4.48. The highest BCUT2D eigenvalue weighted by atomic mass is 16.5. The minimum Gasteiger partial charge on any atom is -0.507 e. The fourth-order valence-electron chi connectivity index (χ4n) is 3.64. The van der Waals surface area contributed by atoms with Gasteiger partial charge in [0.25, 0.3) is 0 Å². The largest absolute Gasteiger partial charge is 0.507 e. The number of ether oxygens (including phenoxy) is 3. The molecule has 0 aliphatic rings. The Bertz CT molecular complexity index is 1330. The molecular formula is C32H30O5. The van der Waals surface area contributed by atoms with Crippen LogP contribution in [0.3, 0.4) is 0 Å². The van der Waals surface area contributed by atoms with Crippen LogP contribution < -0.4 is 14.2 Å². The molecule has 4 rings (SSSR count). The molecule has 0 aliphatic heterocycles. The molecule has 0 aromatic heterocycles. The molecule has 0 spiro atoms. The van der Waals surface area contributed by atoms with E-state index in [1.54, 1.807) is 30.4 Å². The van der Waals surface area contributed by atoms with Crippen molar-refractivity contribution < 1.29 is 24.4 Å². The first kappa shape index (κ1) is 25.6. The van der Waals surface area contributed by atoms with Crippen molar-refractivity contribution in [3.8, 4) is 23.0 Å². The Kier molecular flexibility index (Phi) is 9.00. The second-order valence-electron chi connectivity index (χ2n) is 8.36. The molecular weight excluding hydrogens is 464 g/mol. The first-order chi connectivity index (χ1) is 18.1. The van der Waals surface area contributed by atoms with Gasteiger partial charge in [0.05, 0.1) is 6.26 Å². The lowest BCUT2D eigenvalue weighted by Gasteiger charge is -2.14. The van der Waals surface area contributed by atoms with Crippen LogP contribution in [0.1, 0.15) is 35.3 Å².